The van der Waals surface area contributed by atoms with Crippen LogP contribution in [0.1, 0.15) is 40.5 Å². The van der Waals surface area contributed by atoms with Gasteiger partial charge in [0.05, 0.1) is 0 Å². The maximum Gasteiger partial charge on any atom is 0.0462 e. The van der Waals surface area contributed by atoms with E-state index in [1.54, 1.807) is 0 Å². The molecule has 1 fully saturated rings. The second kappa shape index (κ2) is 3.37. The number of aliphatic hydroxyl groups is 1. The van der Waals surface area contributed by atoms with E-state index in [2.05, 4.69) is 27.7 Å². The molecule has 1 N–H and O–H groups in total. The van der Waals surface area contributed by atoms with Crippen LogP contribution in [0.2, 0.25) is 0 Å². The van der Waals surface area contributed by atoms with Crippen LogP contribution in [-0.2, 0) is 0 Å². The molecule has 1 aliphatic rings. The zero-order valence-corrected chi connectivity index (χ0v) is 8.80. The molecule has 0 radical (unpaired) electrons. The molecule has 12 heavy (non-hydrogen) atoms. The fraction of sp³-hybridized carbons (Fsp3) is 1.00. The normalized spacial score (nSPS) is 48.2. The summed E-state index contributed by atoms with van der Waals surface area (Å²) in [6, 6.07) is 0. The number of hydrogen-bond donors (Lipinski definition) is 1. The summed E-state index contributed by atoms with van der Waals surface area (Å²) in [6.45, 7) is 9.63. The Morgan fingerprint density at radius 3 is 2.25 bits per heavy atom. The lowest BCUT2D eigenvalue weighted by Gasteiger charge is -2.29. The summed E-state index contributed by atoms with van der Waals surface area (Å²) in [4.78, 5) is 0. The van der Waals surface area contributed by atoms with E-state index >= 15 is 0 Å². The molecule has 1 heteroatoms. The lowest BCUT2D eigenvalue weighted by molar-refractivity contribution is 0.191. The van der Waals surface area contributed by atoms with Gasteiger partial charge < -0.3 is 5.11 Å². The van der Waals surface area contributed by atoms with Gasteiger partial charge in [0.25, 0.3) is 0 Å². The van der Waals surface area contributed by atoms with E-state index < -0.39 is 0 Å². The van der Waals surface area contributed by atoms with Gasteiger partial charge in [0.1, 0.15) is 0 Å². The molecule has 4 unspecified atom stereocenters. The fourth-order valence-corrected chi connectivity index (χ4v) is 2.71. The Balaban J connectivity index is 2.72. The zero-order valence-electron chi connectivity index (χ0n) is 8.80. The predicted molar refractivity (Wildman–Crippen MR) is 51.9 cm³/mol. The average Bonchev–Trinajstić information content (AvgIpc) is 2.31. The Labute approximate surface area is 76.2 Å². The molecule has 1 aliphatic carbocycles. The van der Waals surface area contributed by atoms with E-state index in [-0.39, 0.29) is 0 Å². The van der Waals surface area contributed by atoms with Crippen LogP contribution in [0.15, 0.2) is 0 Å². The lowest BCUT2D eigenvalue weighted by atomic mass is 9.77. The molecule has 1 nitrogen and oxygen atoms in total. The Bertz CT molecular complexity index is 155. The van der Waals surface area contributed by atoms with E-state index in [1.807, 2.05) is 0 Å². The molecule has 1 rings (SSSR count). The van der Waals surface area contributed by atoms with Gasteiger partial charge in [-0.05, 0) is 29.6 Å². The van der Waals surface area contributed by atoms with Gasteiger partial charge >= 0.3 is 0 Å². The Hall–Kier alpha value is -0.0400. The fourth-order valence-electron chi connectivity index (χ4n) is 2.71. The van der Waals surface area contributed by atoms with Crippen molar-refractivity contribution >= 4 is 0 Å². The van der Waals surface area contributed by atoms with Crippen LogP contribution < -0.4 is 0 Å². The van der Waals surface area contributed by atoms with Crippen molar-refractivity contribution in [2.24, 2.45) is 23.2 Å². The molecule has 0 aromatic rings. The third kappa shape index (κ3) is 1.39. The maximum atomic E-state index is 9.18. The van der Waals surface area contributed by atoms with Gasteiger partial charge in [-0.15, -0.1) is 0 Å². The van der Waals surface area contributed by atoms with Crippen LogP contribution in [-0.4, -0.2) is 11.7 Å². The first-order valence-electron chi connectivity index (χ1n) is 5.16. The summed E-state index contributed by atoms with van der Waals surface area (Å²) in [5.41, 5.74) is 0.479. The highest BCUT2D eigenvalue weighted by Gasteiger charge is 2.44. The molecule has 1 saturated carbocycles. The monoisotopic (exact) mass is 170 g/mol. The van der Waals surface area contributed by atoms with Crippen molar-refractivity contribution in [3.8, 4) is 0 Å². The summed E-state index contributed by atoms with van der Waals surface area (Å²) in [6.07, 6.45) is 2.46. The van der Waals surface area contributed by atoms with Crippen LogP contribution in [0, 0.1) is 23.2 Å². The van der Waals surface area contributed by atoms with Crippen molar-refractivity contribution in [3.05, 3.63) is 0 Å². The Morgan fingerprint density at radius 2 is 2.00 bits per heavy atom. The quantitative estimate of drug-likeness (QED) is 0.675. The topological polar surface area (TPSA) is 20.2 Å². The van der Waals surface area contributed by atoms with E-state index in [0.717, 1.165) is 5.92 Å². The van der Waals surface area contributed by atoms with Crippen LogP contribution in [0.5, 0.6) is 0 Å². The van der Waals surface area contributed by atoms with Crippen molar-refractivity contribution in [2.75, 3.05) is 6.61 Å². The summed E-state index contributed by atoms with van der Waals surface area (Å²) >= 11 is 0. The summed E-state index contributed by atoms with van der Waals surface area (Å²) < 4.78 is 0. The molecule has 72 valence electrons. The van der Waals surface area contributed by atoms with Gasteiger partial charge in [0.15, 0.2) is 0 Å². The van der Waals surface area contributed by atoms with Crippen molar-refractivity contribution in [3.63, 3.8) is 0 Å². The largest absolute Gasteiger partial charge is 0.396 e. The Morgan fingerprint density at radius 1 is 1.42 bits per heavy atom. The van der Waals surface area contributed by atoms with Crippen molar-refractivity contribution in [1.82, 2.24) is 0 Å². The van der Waals surface area contributed by atoms with Crippen LogP contribution in [0.3, 0.4) is 0 Å². The summed E-state index contributed by atoms with van der Waals surface area (Å²) in [7, 11) is 0. The zero-order chi connectivity index (χ0) is 9.35. The average molecular weight is 170 g/mol. The minimum atomic E-state index is 0.376. The second-order valence-corrected chi connectivity index (χ2v) is 4.80. The van der Waals surface area contributed by atoms with Gasteiger partial charge in [0.2, 0.25) is 0 Å². The highest BCUT2D eigenvalue weighted by Crippen LogP contribution is 2.51. The predicted octanol–water partition coefficient (Wildman–Crippen LogP) is 2.69. The minimum absolute atomic E-state index is 0.376. The van der Waals surface area contributed by atoms with Crippen molar-refractivity contribution < 1.29 is 5.11 Å². The number of hydrogen-bond acceptors (Lipinski definition) is 1. The molecule has 0 aromatic heterocycles. The lowest BCUT2D eigenvalue weighted by Crippen LogP contribution is -2.20. The van der Waals surface area contributed by atoms with Gasteiger partial charge in [-0.1, -0.05) is 34.1 Å². The molecule has 0 aliphatic heterocycles. The third-order valence-corrected chi connectivity index (χ3v) is 4.40. The first-order valence-corrected chi connectivity index (χ1v) is 5.16. The van der Waals surface area contributed by atoms with E-state index in [9.17, 15) is 5.11 Å². The highest BCUT2D eigenvalue weighted by atomic mass is 16.3. The molecule has 0 saturated heterocycles. The van der Waals surface area contributed by atoms with E-state index in [4.69, 9.17) is 0 Å². The standard InChI is InChI=1S/C11H22O/c1-5-11(4)6-10(7-12)8(2)9(11)3/h8-10,12H,5-7H2,1-4H3. The van der Waals surface area contributed by atoms with E-state index in [0.29, 0.717) is 23.9 Å². The number of rotatable bonds is 2. The molecular weight excluding hydrogens is 148 g/mol. The Kier molecular flexibility index (Phi) is 2.82. The van der Waals surface area contributed by atoms with Gasteiger partial charge in [-0.2, -0.15) is 0 Å². The summed E-state index contributed by atoms with van der Waals surface area (Å²) in [5, 5.41) is 9.18. The minimum Gasteiger partial charge on any atom is -0.396 e. The maximum absolute atomic E-state index is 9.18. The SMILES string of the molecule is CCC1(C)CC(CO)C(C)C1C. The molecule has 0 heterocycles. The first kappa shape index (κ1) is 10.0. The first-order chi connectivity index (χ1) is 5.55. The van der Waals surface area contributed by atoms with E-state index in [1.165, 1.54) is 12.8 Å². The van der Waals surface area contributed by atoms with Gasteiger partial charge in [0, 0.05) is 6.61 Å². The van der Waals surface area contributed by atoms with Crippen LogP contribution in [0.4, 0.5) is 0 Å². The smallest absolute Gasteiger partial charge is 0.0462 e. The molecule has 0 spiro atoms. The molecule has 0 amide bonds. The molecule has 4 atom stereocenters. The summed E-state index contributed by atoms with van der Waals surface area (Å²) in [5.74, 6) is 2.00. The highest BCUT2D eigenvalue weighted by molar-refractivity contribution is 4.93. The van der Waals surface area contributed by atoms with Gasteiger partial charge in [-0.25, -0.2) is 0 Å². The third-order valence-electron chi connectivity index (χ3n) is 4.40. The molecular formula is C11H22O. The second-order valence-electron chi connectivity index (χ2n) is 4.80. The van der Waals surface area contributed by atoms with Crippen LogP contribution in [0.25, 0.3) is 0 Å². The number of aliphatic hydroxyl groups excluding tert-OH is 1. The molecule has 0 bridgehead atoms. The molecule has 0 aromatic carbocycles. The van der Waals surface area contributed by atoms with Crippen molar-refractivity contribution in [1.29, 1.82) is 0 Å². The van der Waals surface area contributed by atoms with Crippen molar-refractivity contribution in [2.45, 2.75) is 40.5 Å². The van der Waals surface area contributed by atoms with Crippen LogP contribution >= 0.6 is 0 Å². The van der Waals surface area contributed by atoms with Gasteiger partial charge in [-0.3, -0.25) is 0 Å².